The Morgan fingerprint density at radius 3 is 2.47 bits per heavy atom. The average Bonchev–Trinajstić information content (AvgIpc) is 2.66. The highest BCUT2D eigenvalue weighted by Gasteiger charge is 2.32. The van der Waals surface area contributed by atoms with Crippen molar-refractivity contribution in [2.24, 2.45) is 7.05 Å². The summed E-state index contributed by atoms with van der Waals surface area (Å²) in [6.45, 7) is 0. The first-order valence-electron chi connectivity index (χ1n) is 5.08. The lowest BCUT2D eigenvalue weighted by atomic mass is 10.0. The predicted molar refractivity (Wildman–Crippen MR) is 52.9 cm³/mol. The number of hydrogen-bond donors (Lipinski definition) is 0. The van der Waals surface area contributed by atoms with Gasteiger partial charge in [0.15, 0.2) is 0 Å². The predicted octanol–water partition coefficient (Wildman–Crippen LogP) is 0.316. The van der Waals surface area contributed by atoms with E-state index in [0.717, 1.165) is 32.1 Å². The minimum atomic E-state index is -3.32. The summed E-state index contributed by atoms with van der Waals surface area (Å²) in [5.74, 6) is 0. The minimum absolute atomic E-state index is 0.00519. The van der Waals surface area contributed by atoms with Crippen molar-refractivity contribution in [1.29, 1.82) is 0 Å². The maximum Gasteiger partial charge on any atom is 0.267 e. The zero-order valence-corrected chi connectivity index (χ0v) is 9.44. The standard InChI is InChI=1S/C8H14N4O2S/c1-12-8(9-10-11-12)15(13,14)7-5-3-2-4-6-7/h7H,2-6H2,1H3. The van der Waals surface area contributed by atoms with Crippen LogP contribution in [0.3, 0.4) is 0 Å². The van der Waals surface area contributed by atoms with Crippen molar-refractivity contribution in [3.05, 3.63) is 0 Å². The lowest BCUT2D eigenvalue weighted by Crippen LogP contribution is -2.26. The van der Waals surface area contributed by atoms with Crippen molar-refractivity contribution in [1.82, 2.24) is 20.2 Å². The van der Waals surface area contributed by atoms with E-state index in [-0.39, 0.29) is 10.4 Å². The smallest absolute Gasteiger partial charge is 0.220 e. The summed E-state index contributed by atoms with van der Waals surface area (Å²) in [6.07, 6.45) is 4.55. The molecule has 1 saturated carbocycles. The van der Waals surface area contributed by atoms with Crippen LogP contribution in [0.25, 0.3) is 0 Å². The fourth-order valence-electron chi connectivity index (χ4n) is 1.99. The van der Waals surface area contributed by atoms with Crippen LogP contribution in [0.2, 0.25) is 0 Å². The van der Waals surface area contributed by atoms with Crippen LogP contribution >= 0.6 is 0 Å². The molecule has 6 nitrogen and oxygen atoms in total. The fraction of sp³-hybridized carbons (Fsp3) is 0.875. The second kappa shape index (κ2) is 3.88. The second-order valence-electron chi connectivity index (χ2n) is 3.89. The molecule has 1 aliphatic carbocycles. The van der Waals surface area contributed by atoms with E-state index in [1.807, 2.05) is 0 Å². The summed E-state index contributed by atoms with van der Waals surface area (Å²) in [7, 11) is -1.77. The van der Waals surface area contributed by atoms with Crippen LogP contribution in [0.4, 0.5) is 0 Å². The Bertz CT molecular complexity index is 433. The first-order valence-corrected chi connectivity index (χ1v) is 6.63. The summed E-state index contributed by atoms with van der Waals surface area (Å²) >= 11 is 0. The van der Waals surface area contributed by atoms with Crippen LogP contribution in [-0.4, -0.2) is 33.9 Å². The largest absolute Gasteiger partial charge is 0.267 e. The number of hydrogen-bond acceptors (Lipinski definition) is 5. The quantitative estimate of drug-likeness (QED) is 0.731. The van der Waals surface area contributed by atoms with Gasteiger partial charge >= 0.3 is 0 Å². The molecule has 2 rings (SSSR count). The third-order valence-electron chi connectivity index (χ3n) is 2.83. The molecule has 0 N–H and O–H groups in total. The Kier molecular flexibility index (Phi) is 2.72. The van der Waals surface area contributed by atoms with Crippen molar-refractivity contribution in [2.45, 2.75) is 42.5 Å². The van der Waals surface area contributed by atoms with E-state index in [9.17, 15) is 8.42 Å². The number of rotatable bonds is 2. The van der Waals surface area contributed by atoms with Crippen molar-refractivity contribution in [2.75, 3.05) is 0 Å². The second-order valence-corrected chi connectivity index (χ2v) is 6.01. The SMILES string of the molecule is Cn1nnnc1S(=O)(=O)C1CCCCC1. The first-order chi connectivity index (χ1) is 7.12. The molecule has 84 valence electrons. The van der Waals surface area contributed by atoms with Crippen molar-refractivity contribution in [3.8, 4) is 0 Å². The number of aromatic nitrogens is 4. The van der Waals surface area contributed by atoms with E-state index in [1.54, 1.807) is 7.05 Å². The van der Waals surface area contributed by atoms with Gasteiger partial charge in [0.1, 0.15) is 0 Å². The molecular formula is C8H14N4O2S. The zero-order valence-electron chi connectivity index (χ0n) is 8.63. The van der Waals surface area contributed by atoms with E-state index < -0.39 is 9.84 Å². The van der Waals surface area contributed by atoms with Gasteiger partial charge in [0.25, 0.3) is 5.16 Å². The molecule has 1 aromatic rings. The van der Waals surface area contributed by atoms with Gasteiger partial charge in [-0.1, -0.05) is 24.4 Å². The summed E-state index contributed by atoms with van der Waals surface area (Å²) < 4.78 is 25.4. The molecule has 0 atom stereocenters. The molecule has 0 bridgehead atoms. The van der Waals surface area contributed by atoms with Crippen molar-refractivity contribution in [3.63, 3.8) is 0 Å². The van der Waals surface area contributed by atoms with Gasteiger partial charge in [-0.3, -0.25) is 0 Å². The molecule has 1 aromatic heterocycles. The number of nitrogens with zero attached hydrogens (tertiary/aromatic N) is 4. The van der Waals surface area contributed by atoms with Crippen LogP contribution < -0.4 is 0 Å². The molecular weight excluding hydrogens is 216 g/mol. The maximum atomic E-state index is 12.1. The number of tetrazole rings is 1. The molecule has 0 aliphatic heterocycles. The molecule has 0 amide bonds. The monoisotopic (exact) mass is 230 g/mol. The maximum absolute atomic E-state index is 12.1. The van der Waals surface area contributed by atoms with Crippen LogP contribution in [0.15, 0.2) is 5.16 Å². The summed E-state index contributed by atoms with van der Waals surface area (Å²) in [4.78, 5) is 0. The van der Waals surface area contributed by atoms with Gasteiger partial charge in [-0.25, -0.2) is 13.1 Å². The van der Waals surface area contributed by atoms with Gasteiger partial charge in [0, 0.05) is 7.05 Å². The van der Waals surface area contributed by atoms with Crippen LogP contribution in [0.1, 0.15) is 32.1 Å². The Hall–Kier alpha value is -0.980. The molecule has 0 unspecified atom stereocenters. The molecule has 0 radical (unpaired) electrons. The molecule has 0 spiro atoms. The van der Waals surface area contributed by atoms with Crippen LogP contribution in [0, 0.1) is 0 Å². The summed E-state index contributed by atoms with van der Waals surface area (Å²) in [5.41, 5.74) is 0. The van der Waals surface area contributed by atoms with Gasteiger partial charge in [0.05, 0.1) is 5.25 Å². The van der Waals surface area contributed by atoms with E-state index in [2.05, 4.69) is 15.5 Å². The summed E-state index contributed by atoms with van der Waals surface area (Å²) in [5, 5.41) is 10.2. The highest BCUT2D eigenvalue weighted by Crippen LogP contribution is 2.26. The fourth-order valence-corrected chi connectivity index (χ4v) is 3.79. The van der Waals surface area contributed by atoms with E-state index in [0.29, 0.717) is 0 Å². The Morgan fingerprint density at radius 2 is 1.93 bits per heavy atom. The topological polar surface area (TPSA) is 77.7 Å². The lowest BCUT2D eigenvalue weighted by molar-refractivity contribution is 0.476. The van der Waals surface area contributed by atoms with Crippen molar-refractivity contribution < 1.29 is 8.42 Å². The van der Waals surface area contributed by atoms with Gasteiger partial charge in [-0.05, 0) is 23.3 Å². The van der Waals surface area contributed by atoms with Crippen LogP contribution in [0.5, 0.6) is 0 Å². The van der Waals surface area contributed by atoms with E-state index >= 15 is 0 Å². The Balaban J connectivity index is 2.30. The Morgan fingerprint density at radius 1 is 1.27 bits per heavy atom. The third kappa shape index (κ3) is 1.88. The highest BCUT2D eigenvalue weighted by atomic mass is 32.2. The number of aryl methyl sites for hydroxylation is 1. The molecule has 1 heterocycles. The average molecular weight is 230 g/mol. The third-order valence-corrected chi connectivity index (χ3v) is 5.03. The van der Waals surface area contributed by atoms with Crippen LogP contribution in [-0.2, 0) is 16.9 Å². The van der Waals surface area contributed by atoms with E-state index in [1.165, 1.54) is 4.68 Å². The lowest BCUT2D eigenvalue weighted by Gasteiger charge is -2.20. The van der Waals surface area contributed by atoms with E-state index in [4.69, 9.17) is 0 Å². The molecule has 1 fully saturated rings. The minimum Gasteiger partial charge on any atom is -0.220 e. The molecule has 7 heteroatoms. The Labute approximate surface area is 88.6 Å². The normalized spacial score (nSPS) is 19.3. The highest BCUT2D eigenvalue weighted by molar-refractivity contribution is 7.91. The zero-order chi connectivity index (χ0) is 10.9. The van der Waals surface area contributed by atoms with Gasteiger partial charge in [-0.15, -0.1) is 0 Å². The molecule has 1 aliphatic rings. The van der Waals surface area contributed by atoms with Gasteiger partial charge in [0.2, 0.25) is 9.84 Å². The van der Waals surface area contributed by atoms with Gasteiger partial charge < -0.3 is 0 Å². The molecule has 0 saturated heterocycles. The molecule has 0 aromatic carbocycles. The summed E-state index contributed by atoms with van der Waals surface area (Å²) in [6, 6.07) is 0. The van der Waals surface area contributed by atoms with Crippen molar-refractivity contribution >= 4 is 9.84 Å². The first kappa shape index (κ1) is 10.5. The molecule has 15 heavy (non-hydrogen) atoms. The number of sulfone groups is 1. The van der Waals surface area contributed by atoms with Gasteiger partial charge in [-0.2, -0.15) is 0 Å².